The largest absolute Gasteiger partial charge is 0.436 e. The quantitative estimate of drug-likeness (QED) is 0.698. The van der Waals surface area contributed by atoms with E-state index in [1.807, 2.05) is 6.92 Å². The molecule has 3 aromatic rings. The smallest absolute Gasteiger partial charge is 0.394 e. The molecule has 1 aromatic carbocycles. The first kappa shape index (κ1) is 19.7. The third-order valence-electron chi connectivity index (χ3n) is 5.15. The summed E-state index contributed by atoms with van der Waals surface area (Å²) in [6.45, 7) is 1.81. The highest BCUT2D eigenvalue weighted by Gasteiger charge is 2.35. The number of nitrogens with zero attached hydrogens (tertiary/aromatic N) is 4. The number of halogens is 4. The van der Waals surface area contributed by atoms with Gasteiger partial charge in [0.2, 0.25) is 0 Å². The molecule has 0 amide bonds. The lowest BCUT2D eigenvalue weighted by Gasteiger charge is -2.16. The molecule has 3 heterocycles. The highest BCUT2D eigenvalue weighted by molar-refractivity contribution is 6.31. The van der Waals surface area contributed by atoms with E-state index in [0.29, 0.717) is 28.3 Å². The zero-order valence-electron chi connectivity index (χ0n) is 15.2. The van der Waals surface area contributed by atoms with Gasteiger partial charge >= 0.3 is 6.18 Å². The van der Waals surface area contributed by atoms with Crippen molar-refractivity contribution in [3.8, 4) is 16.8 Å². The minimum absolute atomic E-state index is 0.0893. The average molecular weight is 425 g/mol. The lowest BCUT2D eigenvalue weighted by atomic mass is 10.0. The standard InChI is InChI=1S/C19H16ClF3N4O2/c1-10-4-13-5-11(6-18(29)27(13)16(10)9-28)14-7-12(20)2-3-15(14)26-8-17(24-25-26)19(21,22)23/h2-3,5-8,10,16,28H,4,9H2,1H3/t10-,16+/m0/s1. The van der Waals surface area contributed by atoms with Gasteiger partial charge in [-0.3, -0.25) is 4.79 Å². The van der Waals surface area contributed by atoms with Crippen LogP contribution in [0.1, 0.15) is 24.4 Å². The summed E-state index contributed by atoms with van der Waals surface area (Å²) >= 11 is 6.12. The fraction of sp³-hybridized carbons (Fsp3) is 0.316. The van der Waals surface area contributed by atoms with Gasteiger partial charge in [-0.25, -0.2) is 4.68 Å². The maximum Gasteiger partial charge on any atom is 0.436 e. The monoisotopic (exact) mass is 424 g/mol. The van der Waals surface area contributed by atoms with Crippen LogP contribution in [0.25, 0.3) is 16.8 Å². The Kier molecular flexibility index (Phi) is 4.74. The van der Waals surface area contributed by atoms with Crippen LogP contribution in [0.3, 0.4) is 0 Å². The van der Waals surface area contributed by atoms with Crippen molar-refractivity contribution in [2.24, 2.45) is 5.92 Å². The minimum atomic E-state index is -4.62. The Labute approximate surface area is 168 Å². The van der Waals surface area contributed by atoms with Crippen LogP contribution in [0.4, 0.5) is 13.2 Å². The van der Waals surface area contributed by atoms with Crippen LogP contribution in [0.5, 0.6) is 0 Å². The summed E-state index contributed by atoms with van der Waals surface area (Å²) in [7, 11) is 0. The molecule has 0 aliphatic carbocycles. The van der Waals surface area contributed by atoms with E-state index in [2.05, 4.69) is 10.3 Å². The Morgan fingerprint density at radius 1 is 1.28 bits per heavy atom. The van der Waals surface area contributed by atoms with E-state index in [1.165, 1.54) is 18.2 Å². The Bertz CT molecular complexity index is 1140. The Morgan fingerprint density at radius 3 is 2.69 bits per heavy atom. The molecule has 2 atom stereocenters. The molecule has 0 unspecified atom stereocenters. The van der Waals surface area contributed by atoms with Gasteiger partial charge in [0.05, 0.1) is 24.5 Å². The number of fused-ring (bicyclic) bond motifs is 1. The molecule has 0 spiro atoms. The Hall–Kier alpha value is -2.65. The van der Waals surface area contributed by atoms with Gasteiger partial charge in [0.25, 0.3) is 5.56 Å². The Morgan fingerprint density at radius 2 is 2.03 bits per heavy atom. The van der Waals surface area contributed by atoms with Gasteiger partial charge in [-0.05, 0) is 42.2 Å². The molecular weight excluding hydrogens is 409 g/mol. The molecule has 0 fully saturated rings. The number of hydrogen-bond donors (Lipinski definition) is 1. The molecule has 4 rings (SSSR count). The third kappa shape index (κ3) is 3.44. The second kappa shape index (κ2) is 7.00. The van der Waals surface area contributed by atoms with Gasteiger partial charge < -0.3 is 9.67 Å². The van der Waals surface area contributed by atoms with Crippen molar-refractivity contribution in [1.82, 2.24) is 19.6 Å². The van der Waals surface area contributed by atoms with Crippen LogP contribution in [-0.2, 0) is 12.6 Å². The number of aromatic nitrogens is 4. The maximum atomic E-state index is 12.9. The average Bonchev–Trinajstić information content (AvgIpc) is 3.25. The molecule has 10 heteroatoms. The lowest BCUT2D eigenvalue weighted by molar-refractivity contribution is -0.141. The molecule has 29 heavy (non-hydrogen) atoms. The van der Waals surface area contributed by atoms with Crippen molar-refractivity contribution in [3.05, 3.63) is 63.3 Å². The predicted octanol–water partition coefficient (Wildman–Crippen LogP) is 3.49. The number of aliphatic hydroxyl groups is 1. The first-order chi connectivity index (χ1) is 13.7. The summed E-state index contributed by atoms with van der Waals surface area (Å²) in [5.74, 6) is 0.0893. The van der Waals surface area contributed by atoms with Crippen molar-refractivity contribution in [1.29, 1.82) is 0 Å². The topological polar surface area (TPSA) is 72.9 Å². The van der Waals surface area contributed by atoms with E-state index >= 15 is 0 Å². The molecule has 152 valence electrons. The van der Waals surface area contributed by atoms with Gasteiger partial charge in [0.1, 0.15) is 0 Å². The summed E-state index contributed by atoms with van der Waals surface area (Å²) in [4.78, 5) is 12.7. The lowest BCUT2D eigenvalue weighted by Crippen LogP contribution is -2.26. The van der Waals surface area contributed by atoms with Crippen molar-refractivity contribution >= 4 is 11.6 Å². The predicted molar refractivity (Wildman–Crippen MR) is 100 cm³/mol. The fourth-order valence-corrected chi connectivity index (χ4v) is 3.93. The second-order valence-corrected chi connectivity index (χ2v) is 7.52. The second-order valence-electron chi connectivity index (χ2n) is 7.08. The summed E-state index contributed by atoms with van der Waals surface area (Å²) in [5.41, 5.74) is 0.616. The van der Waals surface area contributed by atoms with E-state index in [0.717, 1.165) is 16.6 Å². The van der Waals surface area contributed by atoms with Crippen molar-refractivity contribution < 1.29 is 18.3 Å². The molecule has 0 saturated carbocycles. The van der Waals surface area contributed by atoms with Gasteiger partial charge in [0, 0.05) is 22.3 Å². The van der Waals surface area contributed by atoms with Crippen LogP contribution >= 0.6 is 11.6 Å². The highest BCUT2D eigenvalue weighted by atomic mass is 35.5. The molecule has 1 N–H and O–H groups in total. The van der Waals surface area contributed by atoms with E-state index in [1.54, 1.807) is 16.7 Å². The summed E-state index contributed by atoms with van der Waals surface area (Å²) in [5, 5.41) is 16.7. The molecule has 0 bridgehead atoms. The van der Waals surface area contributed by atoms with E-state index in [9.17, 15) is 23.1 Å². The van der Waals surface area contributed by atoms with Crippen LogP contribution in [0.15, 0.2) is 41.3 Å². The summed E-state index contributed by atoms with van der Waals surface area (Å²) in [6.07, 6.45) is -3.23. The van der Waals surface area contributed by atoms with Crippen LogP contribution in [0.2, 0.25) is 5.02 Å². The van der Waals surface area contributed by atoms with E-state index < -0.39 is 11.9 Å². The number of aliphatic hydroxyl groups excluding tert-OH is 1. The number of hydrogen-bond acceptors (Lipinski definition) is 4. The van der Waals surface area contributed by atoms with Crippen molar-refractivity contribution in [3.63, 3.8) is 0 Å². The maximum absolute atomic E-state index is 12.9. The van der Waals surface area contributed by atoms with Gasteiger partial charge in [-0.2, -0.15) is 13.2 Å². The molecule has 2 aromatic heterocycles. The Balaban J connectivity index is 1.86. The molecule has 6 nitrogen and oxygen atoms in total. The van der Waals surface area contributed by atoms with Crippen molar-refractivity contribution in [2.45, 2.75) is 25.6 Å². The number of benzene rings is 1. The molecule has 0 radical (unpaired) electrons. The summed E-state index contributed by atoms with van der Waals surface area (Å²) < 4.78 is 41.3. The molecule has 1 aliphatic heterocycles. The van der Waals surface area contributed by atoms with E-state index in [4.69, 9.17) is 11.6 Å². The first-order valence-corrected chi connectivity index (χ1v) is 9.23. The molecule has 0 saturated heterocycles. The third-order valence-corrected chi connectivity index (χ3v) is 5.39. The molecule has 1 aliphatic rings. The minimum Gasteiger partial charge on any atom is -0.394 e. The zero-order valence-corrected chi connectivity index (χ0v) is 15.9. The summed E-state index contributed by atoms with van der Waals surface area (Å²) in [6, 6.07) is 7.51. The van der Waals surface area contributed by atoms with Gasteiger partial charge in [-0.15, -0.1) is 5.10 Å². The zero-order chi connectivity index (χ0) is 20.9. The van der Waals surface area contributed by atoms with Crippen LogP contribution < -0.4 is 5.56 Å². The SMILES string of the molecule is C[C@H]1Cc2cc(-c3cc(Cl)ccc3-n3cc(C(F)(F)F)nn3)cc(=O)n2[C@@H]1CO. The number of alkyl halides is 3. The van der Waals surface area contributed by atoms with E-state index in [-0.39, 0.29) is 24.1 Å². The molecular formula is C19H16ClF3N4O2. The normalized spacial score (nSPS) is 18.8. The number of pyridine rings is 1. The van der Waals surface area contributed by atoms with Crippen LogP contribution in [-0.4, -0.2) is 31.3 Å². The van der Waals surface area contributed by atoms with Crippen molar-refractivity contribution in [2.75, 3.05) is 6.61 Å². The number of rotatable bonds is 3. The van der Waals surface area contributed by atoms with Gasteiger partial charge in [0.15, 0.2) is 5.69 Å². The fourth-order valence-electron chi connectivity index (χ4n) is 3.76. The highest BCUT2D eigenvalue weighted by Crippen LogP contribution is 2.35. The van der Waals surface area contributed by atoms with Gasteiger partial charge in [-0.1, -0.05) is 23.7 Å². The first-order valence-electron chi connectivity index (χ1n) is 8.85. The van der Waals surface area contributed by atoms with Crippen LogP contribution in [0, 0.1) is 5.92 Å².